The fraction of sp³-hybridized carbons (Fsp3) is 0.286. The lowest BCUT2D eigenvalue weighted by molar-refractivity contribution is 0.0520. The van der Waals surface area contributed by atoms with Crippen molar-refractivity contribution in [2.75, 3.05) is 6.61 Å². The van der Waals surface area contributed by atoms with Gasteiger partial charge in [0.2, 0.25) is 0 Å². The fourth-order valence-electron chi connectivity index (χ4n) is 0.955. The standard InChI is InChI=1S/C7H6N4O2S2/c1-2-13-7(12)5-6(15-11-9-5)4-3-14-10-8-4/h3H,2H2,1H3. The SMILES string of the molecule is CCOC(=O)c1nnsc1-c1csnn1. The molecule has 0 spiro atoms. The highest BCUT2D eigenvalue weighted by Gasteiger charge is 2.20. The summed E-state index contributed by atoms with van der Waals surface area (Å²) in [4.78, 5) is 12.1. The van der Waals surface area contributed by atoms with Gasteiger partial charge in [-0.15, -0.1) is 10.2 Å². The van der Waals surface area contributed by atoms with E-state index in [1.165, 1.54) is 11.5 Å². The Morgan fingerprint density at radius 1 is 1.47 bits per heavy atom. The summed E-state index contributed by atoms with van der Waals surface area (Å²) in [5.41, 5.74) is 0.813. The molecule has 0 aliphatic carbocycles. The third-order valence-electron chi connectivity index (χ3n) is 1.55. The molecule has 0 unspecified atom stereocenters. The maximum Gasteiger partial charge on any atom is 0.360 e. The Hall–Kier alpha value is -1.41. The number of carbonyl (C=O) groups is 1. The van der Waals surface area contributed by atoms with Crippen LogP contribution in [0.3, 0.4) is 0 Å². The Balaban J connectivity index is 2.34. The van der Waals surface area contributed by atoms with Crippen LogP contribution in [0.25, 0.3) is 10.6 Å². The lowest BCUT2D eigenvalue weighted by Gasteiger charge is -1.97. The number of aromatic nitrogens is 4. The van der Waals surface area contributed by atoms with Crippen molar-refractivity contribution in [3.05, 3.63) is 11.1 Å². The van der Waals surface area contributed by atoms with Crippen molar-refractivity contribution in [2.45, 2.75) is 6.92 Å². The molecule has 2 aromatic rings. The molecule has 0 fully saturated rings. The zero-order valence-electron chi connectivity index (χ0n) is 7.71. The number of hydrogen-bond acceptors (Lipinski definition) is 8. The van der Waals surface area contributed by atoms with Crippen LogP contribution in [0.2, 0.25) is 0 Å². The number of carbonyl (C=O) groups excluding carboxylic acids is 1. The molecule has 0 atom stereocenters. The maximum atomic E-state index is 11.5. The van der Waals surface area contributed by atoms with E-state index in [0.29, 0.717) is 17.2 Å². The van der Waals surface area contributed by atoms with E-state index in [2.05, 4.69) is 19.2 Å². The zero-order chi connectivity index (χ0) is 10.7. The predicted molar refractivity (Wildman–Crippen MR) is 54.8 cm³/mol. The summed E-state index contributed by atoms with van der Waals surface area (Å²) in [5, 5.41) is 9.31. The van der Waals surface area contributed by atoms with E-state index in [-0.39, 0.29) is 5.69 Å². The minimum absolute atomic E-state index is 0.203. The second-order valence-corrected chi connectivity index (χ2v) is 3.83. The summed E-state index contributed by atoms with van der Waals surface area (Å²) in [6, 6.07) is 0. The average molecular weight is 242 g/mol. The van der Waals surface area contributed by atoms with Gasteiger partial charge in [0.15, 0.2) is 5.69 Å². The Labute approximate surface area is 93.2 Å². The van der Waals surface area contributed by atoms with E-state index in [9.17, 15) is 4.79 Å². The average Bonchev–Trinajstić information content (AvgIpc) is 2.88. The number of rotatable bonds is 3. The molecule has 8 heteroatoms. The van der Waals surface area contributed by atoms with Crippen molar-refractivity contribution >= 4 is 29.0 Å². The first kappa shape index (κ1) is 10.1. The van der Waals surface area contributed by atoms with Crippen molar-refractivity contribution < 1.29 is 9.53 Å². The Bertz CT molecular complexity index is 453. The van der Waals surface area contributed by atoms with E-state index in [1.807, 2.05) is 0 Å². The van der Waals surface area contributed by atoms with Crippen molar-refractivity contribution in [3.8, 4) is 10.6 Å². The summed E-state index contributed by atoms with van der Waals surface area (Å²) in [6.07, 6.45) is 0. The molecule has 0 bridgehead atoms. The molecule has 0 aromatic carbocycles. The third-order valence-corrected chi connectivity index (χ3v) is 2.80. The predicted octanol–water partition coefficient (Wildman–Crippen LogP) is 1.23. The van der Waals surface area contributed by atoms with Gasteiger partial charge < -0.3 is 4.74 Å². The maximum absolute atomic E-state index is 11.5. The highest BCUT2D eigenvalue weighted by molar-refractivity contribution is 7.10. The molecule has 2 aromatic heterocycles. The molecule has 0 N–H and O–H groups in total. The van der Waals surface area contributed by atoms with E-state index in [1.54, 1.807) is 12.3 Å². The highest BCUT2D eigenvalue weighted by atomic mass is 32.1. The van der Waals surface area contributed by atoms with Gasteiger partial charge in [0.25, 0.3) is 0 Å². The first-order valence-electron chi connectivity index (χ1n) is 4.09. The van der Waals surface area contributed by atoms with Gasteiger partial charge in [0.1, 0.15) is 10.6 Å². The second kappa shape index (κ2) is 4.41. The van der Waals surface area contributed by atoms with Crippen molar-refractivity contribution in [3.63, 3.8) is 0 Å². The fourth-order valence-corrected chi connectivity index (χ4v) is 2.09. The Morgan fingerprint density at radius 2 is 2.33 bits per heavy atom. The van der Waals surface area contributed by atoms with Crippen LogP contribution in [0.1, 0.15) is 17.4 Å². The molecular weight excluding hydrogens is 236 g/mol. The summed E-state index contributed by atoms with van der Waals surface area (Å²) >= 11 is 2.31. The van der Waals surface area contributed by atoms with Gasteiger partial charge in [-0.2, -0.15) is 0 Å². The molecule has 0 saturated heterocycles. The van der Waals surface area contributed by atoms with Crippen LogP contribution in [0.5, 0.6) is 0 Å². The minimum Gasteiger partial charge on any atom is -0.461 e. The molecule has 6 nitrogen and oxygen atoms in total. The topological polar surface area (TPSA) is 77.9 Å². The summed E-state index contributed by atoms with van der Waals surface area (Å²) in [6.45, 7) is 2.05. The Kier molecular flexibility index (Phi) is 2.97. The largest absolute Gasteiger partial charge is 0.461 e. The molecule has 15 heavy (non-hydrogen) atoms. The van der Waals surface area contributed by atoms with Crippen molar-refractivity contribution in [1.29, 1.82) is 0 Å². The van der Waals surface area contributed by atoms with E-state index < -0.39 is 5.97 Å². The molecule has 0 aliphatic heterocycles. The second-order valence-electron chi connectivity index (χ2n) is 2.46. The van der Waals surface area contributed by atoms with Gasteiger partial charge in [-0.25, -0.2) is 4.79 Å². The first-order valence-corrected chi connectivity index (χ1v) is 5.70. The lowest BCUT2D eigenvalue weighted by Crippen LogP contribution is -2.06. The highest BCUT2D eigenvalue weighted by Crippen LogP contribution is 2.25. The molecular formula is C7H6N4O2S2. The number of esters is 1. The van der Waals surface area contributed by atoms with Crippen molar-refractivity contribution in [2.24, 2.45) is 0 Å². The van der Waals surface area contributed by atoms with Crippen molar-refractivity contribution in [1.82, 2.24) is 19.2 Å². The van der Waals surface area contributed by atoms with E-state index in [0.717, 1.165) is 11.5 Å². The molecule has 0 aliphatic rings. The van der Waals surface area contributed by atoms with Gasteiger partial charge in [-0.05, 0) is 30.0 Å². The number of ether oxygens (including phenoxy) is 1. The lowest BCUT2D eigenvalue weighted by atomic mass is 10.3. The number of nitrogens with zero attached hydrogens (tertiary/aromatic N) is 4. The van der Waals surface area contributed by atoms with Crippen LogP contribution in [-0.2, 0) is 4.74 Å². The molecule has 2 rings (SSSR count). The summed E-state index contributed by atoms with van der Waals surface area (Å²) in [7, 11) is 0. The van der Waals surface area contributed by atoms with Crippen LogP contribution in [0.15, 0.2) is 5.38 Å². The van der Waals surface area contributed by atoms with Gasteiger partial charge in [-0.1, -0.05) is 8.98 Å². The van der Waals surface area contributed by atoms with Crippen LogP contribution in [0.4, 0.5) is 0 Å². The van der Waals surface area contributed by atoms with Crippen LogP contribution in [0, 0.1) is 0 Å². The monoisotopic (exact) mass is 242 g/mol. The zero-order valence-corrected chi connectivity index (χ0v) is 9.34. The van der Waals surface area contributed by atoms with E-state index in [4.69, 9.17) is 4.74 Å². The molecule has 0 amide bonds. The Morgan fingerprint density at radius 3 is 3.00 bits per heavy atom. The number of hydrogen-bond donors (Lipinski definition) is 0. The van der Waals surface area contributed by atoms with Gasteiger partial charge >= 0.3 is 5.97 Å². The van der Waals surface area contributed by atoms with Gasteiger partial charge in [-0.3, -0.25) is 0 Å². The summed E-state index contributed by atoms with van der Waals surface area (Å²) in [5.74, 6) is -0.478. The molecule has 78 valence electrons. The van der Waals surface area contributed by atoms with Gasteiger partial charge in [0, 0.05) is 5.38 Å². The van der Waals surface area contributed by atoms with Gasteiger partial charge in [0.05, 0.1) is 6.61 Å². The molecule has 0 radical (unpaired) electrons. The minimum atomic E-state index is -0.478. The third kappa shape index (κ3) is 2.00. The quantitative estimate of drug-likeness (QED) is 0.753. The molecule has 0 saturated carbocycles. The molecule has 2 heterocycles. The van der Waals surface area contributed by atoms with E-state index >= 15 is 0 Å². The van der Waals surface area contributed by atoms with Crippen LogP contribution >= 0.6 is 23.1 Å². The first-order chi connectivity index (χ1) is 7.33. The van der Waals surface area contributed by atoms with Crippen LogP contribution < -0.4 is 0 Å². The van der Waals surface area contributed by atoms with Crippen LogP contribution in [-0.4, -0.2) is 31.8 Å². The normalized spacial score (nSPS) is 10.2. The summed E-state index contributed by atoms with van der Waals surface area (Å²) < 4.78 is 12.3. The smallest absolute Gasteiger partial charge is 0.360 e.